The number of hydrogen-bond donors (Lipinski definition) is 0. The van der Waals surface area contributed by atoms with E-state index in [1.54, 1.807) is 0 Å². The van der Waals surface area contributed by atoms with Crippen LogP contribution in [0.15, 0.2) is 11.3 Å². The lowest BCUT2D eigenvalue weighted by Gasteiger charge is -2.42. The Morgan fingerprint density at radius 2 is 0.744 bits per heavy atom. The van der Waals surface area contributed by atoms with Crippen molar-refractivity contribution in [2.75, 3.05) is 6.61 Å². The number of alkyl halides is 27. The first-order chi connectivity index (χ1) is 18.2. The highest BCUT2D eigenvalue weighted by Gasteiger charge is 2.93. The average molecular weight is 712 g/mol. The predicted octanol–water partition coefficient (Wildman–Crippen LogP) is 9.29. The van der Waals surface area contributed by atoms with Gasteiger partial charge in [-0.25, -0.2) is 8.78 Å². The molecule has 1 nitrogen and oxygen atoms in total. The van der Waals surface area contributed by atoms with Crippen molar-refractivity contribution >= 4 is 0 Å². The zero-order chi connectivity index (χ0) is 35.6. The second-order valence-electron chi connectivity index (χ2n) is 7.56. The highest BCUT2D eigenvalue weighted by atomic mass is 19.4. The molecule has 0 unspecified atom stereocenters. The summed E-state index contributed by atoms with van der Waals surface area (Å²) in [5.74, 6) is -73.5. The highest BCUT2D eigenvalue weighted by Crippen LogP contribution is 2.63. The predicted molar refractivity (Wildman–Crippen MR) is 76.7 cm³/mol. The first-order valence-electron chi connectivity index (χ1n) is 9.05. The minimum Gasteiger partial charge on any atom is -0.484 e. The van der Waals surface area contributed by atoms with Gasteiger partial charge in [0.05, 0.1) is 0 Å². The number of allylic oxidation sites excluding steroid dienone is 2. The molecule has 0 atom stereocenters. The third-order valence-corrected chi connectivity index (χ3v) is 4.56. The third-order valence-electron chi connectivity index (χ3n) is 4.56. The Labute approximate surface area is 215 Å². The number of hydrogen-bond acceptors (Lipinski definition) is 1. The minimum atomic E-state index is -9.13. The van der Waals surface area contributed by atoms with Gasteiger partial charge in [0.15, 0.2) is 17.9 Å². The second-order valence-corrected chi connectivity index (χ2v) is 7.56. The standard InChI is InChI=1S/C15H3F27O/c16-4(17)7(22,23)11(32,33)13(36,37)14(38,39)12(34,35)10(30,31)5(18,19)1-43-3(6(20,21)15(40,41)42)2(8(24,25)26)9(27,28)29/h4H,1H2. The van der Waals surface area contributed by atoms with E-state index in [1.165, 1.54) is 0 Å². The van der Waals surface area contributed by atoms with Crippen LogP contribution in [-0.2, 0) is 4.74 Å². The van der Waals surface area contributed by atoms with Gasteiger partial charge in [-0.3, -0.25) is 0 Å². The molecule has 43 heavy (non-hydrogen) atoms. The maximum Gasteiger partial charge on any atom is 0.461 e. The molecule has 0 saturated heterocycles. The average Bonchev–Trinajstić information content (AvgIpc) is 2.72. The van der Waals surface area contributed by atoms with E-state index in [0.717, 1.165) is 0 Å². The van der Waals surface area contributed by atoms with Crippen molar-refractivity contribution in [3.8, 4) is 0 Å². The van der Waals surface area contributed by atoms with Crippen molar-refractivity contribution in [2.24, 2.45) is 0 Å². The van der Waals surface area contributed by atoms with Crippen molar-refractivity contribution < 1.29 is 123 Å². The molecule has 0 rings (SSSR count). The van der Waals surface area contributed by atoms with Crippen LogP contribution < -0.4 is 0 Å². The molecule has 0 amide bonds. The summed E-state index contributed by atoms with van der Waals surface area (Å²) in [6.45, 7) is -4.89. The Kier molecular flexibility index (Phi) is 10.0. The number of ether oxygens (including phenoxy) is 1. The molecule has 0 aliphatic carbocycles. The molecule has 0 spiro atoms. The Morgan fingerprint density at radius 3 is 1.02 bits per heavy atom. The van der Waals surface area contributed by atoms with Gasteiger partial charge in [0.2, 0.25) is 0 Å². The van der Waals surface area contributed by atoms with Crippen LogP contribution in [0.1, 0.15) is 0 Å². The van der Waals surface area contributed by atoms with Crippen LogP contribution in [0.5, 0.6) is 0 Å². The van der Waals surface area contributed by atoms with E-state index in [0.29, 0.717) is 0 Å². The molecule has 0 saturated carbocycles. The van der Waals surface area contributed by atoms with Gasteiger partial charge >= 0.3 is 72.3 Å². The Hall–Kier alpha value is -2.35. The van der Waals surface area contributed by atoms with Crippen LogP contribution in [0.4, 0.5) is 119 Å². The second kappa shape index (κ2) is 10.6. The van der Waals surface area contributed by atoms with Crippen LogP contribution in [0.25, 0.3) is 0 Å². The van der Waals surface area contributed by atoms with Gasteiger partial charge in [-0.1, -0.05) is 0 Å². The van der Waals surface area contributed by atoms with Gasteiger partial charge in [0.25, 0.3) is 0 Å². The molecule has 0 N–H and O–H groups in total. The number of halogens is 27. The lowest BCUT2D eigenvalue weighted by molar-refractivity contribution is -0.448. The largest absolute Gasteiger partial charge is 0.484 e. The molecule has 28 heteroatoms. The number of rotatable bonds is 11. The summed E-state index contributed by atoms with van der Waals surface area (Å²) in [7, 11) is 0. The quantitative estimate of drug-likeness (QED) is 0.153. The van der Waals surface area contributed by atoms with Crippen molar-refractivity contribution in [1.82, 2.24) is 0 Å². The van der Waals surface area contributed by atoms with Crippen molar-refractivity contribution in [3.05, 3.63) is 11.3 Å². The molecule has 0 aromatic carbocycles. The van der Waals surface area contributed by atoms with Gasteiger partial charge in [-0.05, 0) is 0 Å². The van der Waals surface area contributed by atoms with Crippen molar-refractivity contribution in [2.45, 2.75) is 72.3 Å². The van der Waals surface area contributed by atoms with E-state index < -0.39 is 90.3 Å². The molecular weight excluding hydrogens is 709 g/mol. The molecule has 0 aromatic heterocycles. The Morgan fingerprint density at radius 1 is 0.442 bits per heavy atom. The summed E-state index contributed by atoms with van der Waals surface area (Å²) >= 11 is 0. The molecular formula is C15H3F27O. The van der Waals surface area contributed by atoms with Crippen molar-refractivity contribution in [1.29, 1.82) is 0 Å². The maximum atomic E-state index is 13.7. The molecule has 0 aliphatic heterocycles. The maximum absolute atomic E-state index is 13.7. The topological polar surface area (TPSA) is 9.23 Å². The van der Waals surface area contributed by atoms with Gasteiger partial charge in [0, 0.05) is 0 Å². The van der Waals surface area contributed by atoms with Crippen LogP contribution in [-0.4, -0.2) is 78.9 Å². The molecule has 0 bridgehead atoms. The van der Waals surface area contributed by atoms with Gasteiger partial charge in [0.1, 0.15) is 0 Å². The summed E-state index contributed by atoms with van der Waals surface area (Å²) in [5, 5.41) is 0. The van der Waals surface area contributed by atoms with Gasteiger partial charge in [-0.2, -0.15) is 110 Å². The van der Waals surface area contributed by atoms with Crippen LogP contribution in [0, 0.1) is 0 Å². The van der Waals surface area contributed by atoms with E-state index in [2.05, 4.69) is 4.74 Å². The molecule has 0 aliphatic rings. The first kappa shape index (κ1) is 40.6. The Bertz CT molecular complexity index is 1000. The van der Waals surface area contributed by atoms with Crippen LogP contribution in [0.3, 0.4) is 0 Å². The summed E-state index contributed by atoms with van der Waals surface area (Å²) in [6.07, 6.45) is -29.3. The normalized spacial score (nSPS) is 16.1. The van der Waals surface area contributed by atoms with Crippen molar-refractivity contribution in [3.63, 3.8) is 0 Å². The fraction of sp³-hybridized carbons (Fsp3) is 0.867. The highest BCUT2D eigenvalue weighted by molar-refractivity contribution is 5.27. The van der Waals surface area contributed by atoms with Crippen LogP contribution in [0.2, 0.25) is 0 Å². The molecule has 0 heterocycles. The summed E-state index contributed by atoms with van der Waals surface area (Å²) in [6, 6.07) is 0. The van der Waals surface area contributed by atoms with Gasteiger partial charge in [-0.15, -0.1) is 0 Å². The first-order valence-corrected chi connectivity index (χ1v) is 9.05. The lowest BCUT2D eigenvalue weighted by atomic mass is 9.89. The Balaban J connectivity index is 7.24. The van der Waals surface area contributed by atoms with E-state index >= 15 is 0 Å². The van der Waals surface area contributed by atoms with E-state index in [1.807, 2.05) is 0 Å². The third kappa shape index (κ3) is 6.27. The van der Waals surface area contributed by atoms with Gasteiger partial charge < -0.3 is 4.74 Å². The molecule has 0 fully saturated rings. The summed E-state index contributed by atoms with van der Waals surface area (Å²) < 4.78 is 352. The fourth-order valence-electron chi connectivity index (χ4n) is 2.29. The molecule has 258 valence electrons. The smallest absolute Gasteiger partial charge is 0.461 e. The van der Waals surface area contributed by atoms with E-state index in [4.69, 9.17) is 0 Å². The molecule has 0 aromatic rings. The minimum absolute atomic E-state index is 2.05. The molecule has 0 radical (unpaired) electrons. The summed E-state index contributed by atoms with van der Waals surface area (Å²) in [5.41, 5.74) is -5.32. The summed E-state index contributed by atoms with van der Waals surface area (Å²) in [4.78, 5) is 0. The zero-order valence-electron chi connectivity index (χ0n) is 18.4. The lowest BCUT2D eigenvalue weighted by Crippen LogP contribution is -2.74. The SMILES string of the molecule is FC(F)C(F)(F)C(F)(F)C(F)(F)C(F)(F)C(F)(F)C(F)(F)C(F)(F)COC(=C(C(F)(F)F)C(F)(F)F)C(F)(F)C(F)(F)F. The van der Waals surface area contributed by atoms with E-state index in [-0.39, 0.29) is 0 Å². The van der Waals surface area contributed by atoms with Crippen LogP contribution >= 0.6 is 0 Å². The fourth-order valence-corrected chi connectivity index (χ4v) is 2.29. The zero-order valence-corrected chi connectivity index (χ0v) is 18.4. The van der Waals surface area contributed by atoms with E-state index in [9.17, 15) is 119 Å². The monoisotopic (exact) mass is 712 g/mol.